The molecule has 4 heteroatoms. The number of carbonyl (C=O) groups is 1. The number of hydrogen-bond acceptors (Lipinski definition) is 4. The molecule has 10 atom stereocenters. The highest BCUT2D eigenvalue weighted by Crippen LogP contribution is 2.69. The minimum absolute atomic E-state index is 0.0338. The topological polar surface area (TPSA) is 66.8 Å². The number of rotatable bonds is 6. The molecule has 4 aliphatic carbocycles. The Morgan fingerprint density at radius 2 is 1.76 bits per heavy atom. The van der Waals surface area contributed by atoms with Crippen molar-refractivity contribution in [3.05, 3.63) is 23.3 Å². The third-order valence-electron chi connectivity index (χ3n) is 12.4. The Labute approximate surface area is 226 Å². The third-order valence-corrected chi connectivity index (χ3v) is 12.4. The normalized spacial score (nSPS) is 43.6. The zero-order valence-corrected chi connectivity index (χ0v) is 25.1. The molecule has 2 saturated carbocycles. The highest BCUT2D eigenvalue weighted by Gasteiger charge is 2.66. The van der Waals surface area contributed by atoms with Gasteiger partial charge >= 0.3 is 5.97 Å². The molecule has 0 aromatic rings. The molecule has 0 aromatic heterocycles. The van der Waals surface area contributed by atoms with Gasteiger partial charge in [-0.1, -0.05) is 73.1 Å². The summed E-state index contributed by atoms with van der Waals surface area (Å²) in [4.78, 5) is 12.5. The van der Waals surface area contributed by atoms with Gasteiger partial charge < -0.3 is 14.9 Å². The summed E-state index contributed by atoms with van der Waals surface area (Å²) in [5.41, 5.74) is 3.22. The van der Waals surface area contributed by atoms with Gasteiger partial charge in [-0.15, -0.1) is 0 Å². The van der Waals surface area contributed by atoms with Crippen molar-refractivity contribution in [1.82, 2.24) is 0 Å². The average Bonchev–Trinajstić information content (AvgIpc) is 3.15. The Bertz CT molecular complexity index is 946. The first-order valence-electron chi connectivity index (χ1n) is 15.0. The van der Waals surface area contributed by atoms with Crippen LogP contribution in [0.4, 0.5) is 0 Å². The van der Waals surface area contributed by atoms with E-state index in [1.165, 1.54) is 18.1 Å². The Hall–Kier alpha value is -1.13. The van der Waals surface area contributed by atoms with Gasteiger partial charge in [-0.25, -0.2) is 0 Å². The molecule has 2 fully saturated rings. The van der Waals surface area contributed by atoms with Crippen molar-refractivity contribution in [3.63, 3.8) is 0 Å². The van der Waals surface area contributed by atoms with Crippen LogP contribution in [0.3, 0.4) is 0 Å². The van der Waals surface area contributed by atoms with Gasteiger partial charge in [0, 0.05) is 12.3 Å². The summed E-state index contributed by atoms with van der Waals surface area (Å²) in [6.45, 7) is 23.9. The van der Waals surface area contributed by atoms with Crippen molar-refractivity contribution >= 4 is 5.97 Å². The zero-order valence-electron chi connectivity index (χ0n) is 25.1. The Balaban J connectivity index is 1.77. The van der Waals surface area contributed by atoms with Crippen LogP contribution in [-0.4, -0.2) is 34.5 Å². The Kier molecular flexibility index (Phi) is 7.65. The van der Waals surface area contributed by atoms with Gasteiger partial charge in [0.2, 0.25) is 0 Å². The molecule has 0 amide bonds. The second kappa shape index (κ2) is 9.81. The average molecular weight is 515 g/mol. The quantitative estimate of drug-likeness (QED) is 0.293. The van der Waals surface area contributed by atoms with E-state index in [4.69, 9.17) is 4.74 Å². The number of ether oxygens (including phenoxy) is 1. The summed E-state index contributed by atoms with van der Waals surface area (Å²) in [5, 5.41) is 23.4. The molecule has 4 aliphatic rings. The van der Waals surface area contributed by atoms with Crippen LogP contribution in [0.5, 0.6) is 0 Å². The minimum Gasteiger partial charge on any atom is -0.459 e. The maximum atomic E-state index is 12.5. The SMILES string of the molecule is C=C(CCC(C)[C@H]1CCC2C3=C([C@@H](O)[C@H](OC(C)=O)C21C)C1(C)CC(O)C(C)C(C)(C)[C@@H]1CC3)C(C)C. The van der Waals surface area contributed by atoms with Crippen molar-refractivity contribution in [2.24, 2.45) is 51.8 Å². The van der Waals surface area contributed by atoms with E-state index in [0.717, 1.165) is 44.1 Å². The van der Waals surface area contributed by atoms with Crippen LogP contribution >= 0.6 is 0 Å². The number of fused-ring (bicyclic) bond motifs is 4. The van der Waals surface area contributed by atoms with Crippen molar-refractivity contribution in [3.8, 4) is 0 Å². The smallest absolute Gasteiger partial charge is 0.303 e. The van der Waals surface area contributed by atoms with Crippen molar-refractivity contribution < 1.29 is 19.7 Å². The molecule has 0 bridgehead atoms. The van der Waals surface area contributed by atoms with E-state index in [1.54, 1.807) is 0 Å². The van der Waals surface area contributed by atoms with Crippen LogP contribution in [0.15, 0.2) is 23.3 Å². The monoisotopic (exact) mass is 514 g/mol. The highest BCUT2D eigenvalue weighted by atomic mass is 16.6. The standard InChI is InChI=1S/C33H54O4/c1-18(2)19(3)11-12-20(4)24-14-15-25-23-13-16-27-31(7,8)21(5)26(35)17-32(27,9)28(23)29(36)30(33(24,25)10)37-22(6)34/h18,20-21,24-27,29-30,35-36H,3,11-17H2,1-2,4-10H3/t20?,21?,24-,25?,26?,27+,29-,30+,32?,33?/m1/s1. The van der Waals surface area contributed by atoms with Gasteiger partial charge in [0.1, 0.15) is 12.2 Å². The van der Waals surface area contributed by atoms with E-state index in [1.807, 2.05) is 0 Å². The van der Waals surface area contributed by atoms with Crippen molar-refractivity contribution in [2.45, 2.75) is 126 Å². The van der Waals surface area contributed by atoms with Crippen LogP contribution in [0.1, 0.15) is 107 Å². The second-order valence-corrected chi connectivity index (χ2v) is 14.7. The molecule has 0 aliphatic heterocycles. The van der Waals surface area contributed by atoms with Gasteiger partial charge in [0.15, 0.2) is 0 Å². The van der Waals surface area contributed by atoms with Crippen molar-refractivity contribution in [2.75, 3.05) is 0 Å². The Morgan fingerprint density at radius 1 is 1.11 bits per heavy atom. The number of hydrogen-bond donors (Lipinski definition) is 2. The van der Waals surface area contributed by atoms with Gasteiger partial charge in [-0.05, 0) is 96.9 Å². The highest BCUT2D eigenvalue weighted by molar-refractivity contribution is 5.66. The molecule has 0 heterocycles. The number of aliphatic hydroxyl groups is 2. The molecule has 0 radical (unpaired) electrons. The van der Waals surface area contributed by atoms with E-state index in [2.05, 4.69) is 62.0 Å². The molecule has 4 nitrogen and oxygen atoms in total. The maximum absolute atomic E-state index is 12.5. The summed E-state index contributed by atoms with van der Waals surface area (Å²) < 4.78 is 6.14. The van der Waals surface area contributed by atoms with Crippen LogP contribution in [0.2, 0.25) is 0 Å². The molecule has 6 unspecified atom stereocenters. The van der Waals surface area contributed by atoms with E-state index in [0.29, 0.717) is 36.0 Å². The van der Waals surface area contributed by atoms with Gasteiger partial charge in [-0.3, -0.25) is 4.79 Å². The van der Waals surface area contributed by atoms with E-state index < -0.39 is 18.3 Å². The predicted octanol–water partition coefficient (Wildman–Crippen LogP) is 7.09. The summed E-state index contributed by atoms with van der Waals surface area (Å²) in [6, 6.07) is 0. The van der Waals surface area contributed by atoms with Gasteiger partial charge in [0.05, 0.1) is 6.10 Å². The van der Waals surface area contributed by atoms with Crippen LogP contribution < -0.4 is 0 Å². The summed E-state index contributed by atoms with van der Waals surface area (Å²) in [6.07, 6.45) is 5.31. The molecule has 0 aromatic carbocycles. The van der Waals surface area contributed by atoms with E-state index >= 15 is 0 Å². The minimum atomic E-state index is -0.817. The Morgan fingerprint density at radius 3 is 2.35 bits per heavy atom. The van der Waals surface area contributed by atoms with Gasteiger partial charge in [0.25, 0.3) is 0 Å². The van der Waals surface area contributed by atoms with E-state index in [-0.39, 0.29) is 28.1 Å². The van der Waals surface area contributed by atoms with Crippen LogP contribution in [-0.2, 0) is 9.53 Å². The lowest BCUT2D eigenvalue weighted by Crippen LogP contribution is -2.62. The predicted molar refractivity (Wildman–Crippen MR) is 150 cm³/mol. The lowest BCUT2D eigenvalue weighted by Gasteiger charge is -2.63. The number of aliphatic hydroxyl groups excluding tert-OH is 2. The fourth-order valence-electron chi connectivity index (χ4n) is 9.91. The third kappa shape index (κ3) is 4.37. The largest absolute Gasteiger partial charge is 0.459 e. The zero-order chi connectivity index (χ0) is 27.7. The molecular weight excluding hydrogens is 460 g/mol. The van der Waals surface area contributed by atoms with Crippen LogP contribution in [0.25, 0.3) is 0 Å². The second-order valence-electron chi connectivity index (χ2n) is 14.7. The van der Waals surface area contributed by atoms with Gasteiger partial charge in [-0.2, -0.15) is 0 Å². The first kappa shape index (κ1) is 28.9. The molecule has 210 valence electrons. The number of esters is 1. The maximum Gasteiger partial charge on any atom is 0.303 e. The first-order valence-corrected chi connectivity index (χ1v) is 15.0. The number of allylic oxidation sites excluding steroid dienone is 2. The molecule has 0 spiro atoms. The lowest BCUT2D eigenvalue weighted by molar-refractivity contribution is -0.179. The fraction of sp³-hybridized carbons (Fsp3) is 0.848. The molecular formula is C33H54O4. The number of carbonyl (C=O) groups excluding carboxylic acids is 1. The van der Waals surface area contributed by atoms with Crippen LogP contribution in [0, 0.1) is 51.8 Å². The molecule has 37 heavy (non-hydrogen) atoms. The molecule has 4 rings (SSSR count). The fourth-order valence-corrected chi connectivity index (χ4v) is 9.91. The lowest BCUT2D eigenvalue weighted by atomic mass is 9.43. The molecule has 2 N–H and O–H groups in total. The molecule has 0 saturated heterocycles. The van der Waals surface area contributed by atoms with E-state index in [9.17, 15) is 15.0 Å². The summed E-state index contributed by atoms with van der Waals surface area (Å²) in [7, 11) is 0. The summed E-state index contributed by atoms with van der Waals surface area (Å²) in [5.74, 6) is 1.92. The van der Waals surface area contributed by atoms with Crippen molar-refractivity contribution in [1.29, 1.82) is 0 Å². The first-order chi connectivity index (χ1) is 17.1. The summed E-state index contributed by atoms with van der Waals surface area (Å²) >= 11 is 0.